The zero-order valence-corrected chi connectivity index (χ0v) is 11.5. The molecule has 2 heteroatoms. The van der Waals surface area contributed by atoms with E-state index in [0.29, 0.717) is 0 Å². The van der Waals surface area contributed by atoms with E-state index in [-0.39, 0.29) is 11.9 Å². The van der Waals surface area contributed by atoms with Gasteiger partial charge in [0.25, 0.3) is 5.91 Å². The molecule has 1 unspecified atom stereocenters. The van der Waals surface area contributed by atoms with Gasteiger partial charge in [-0.2, -0.15) is 0 Å². The zero-order valence-electron chi connectivity index (χ0n) is 11.5. The van der Waals surface area contributed by atoms with E-state index in [4.69, 9.17) is 0 Å². The van der Waals surface area contributed by atoms with Crippen LogP contribution in [0.25, 0.3) is 10.8 Å². The SMILES string of the molecule is CCCCC1c2ccc3ccccc3c2C(=O)N1C. The largest absolute Gasteiger partial charge is 0.335 e. The average Bonchev–Trinajstić information content (AvgIpc) is 2.69. The highest BCUT2D eigenvalue weighted by molar-refractivity contribution is 6.10. The molecule has 0 spiro atoms. The van der Waals surface area contributed by atoms with Crippen LogP contribution in [0.3, 0.4) is 0 Å². The number of unbranched alkanes of at least 4 members (excludes halogenated alkanes) is 1. The molecule has 0 aliphatic carbocycles. The summed E-state index contributed by atoms with van der Waals surface area (Å²) in [6.07, 6.45) is 3.39. The van der Waals surface area contributed by atoms with Gasteiger partial charge in [-0.3, -0.25) is 4.79 Å². The highest BCUT2D eigenvalue weighted by Gasteiger charge is 2.34. The van der Waals surface area contributed by atoms with Crippen molar-refractivity contribution in [2.75, 3.05) is 7.05 Å². The molecule has 0 aromatic heterocycles. The lowest BCUT2D eigenvalue weighted by Gasteiger charge is -2.20. The van der Waals surface area contributed by atoms with Crippen molar-refractivity contribution in [2.24, 2.45) is 0 Å². The monoisotopic (exact) mass is 253 g/mol. The summed E-state index contributed by atoms with van der Waals surface area (Å²) in [6, 6.07) is 12.7. The van der Waals surface area contributed by atoms with E-state index in [1.807, 2.05) is 24.1 Å². The first-order valence-corrected chi connectivity index (χ1v) is 7.03. The number of carbonyl (C=O) groups is 1. The summed E-state index contributed by atoms with van der Waals surface area (Å²) >= 11 is 0. The average molecular weight is 253 g/mol. The number of rotatable bonds is 3. The summed E-state index contributed by atoms with van der Waals surface area (Å²) in [6.45, 7) is 2.19. The fourth-order valence-electron chi connectivity index (χ4n) is 3.08. The number of hydrogen-bond donors (Lipinski definition) is 0. The molecule has 2 aromatic carbocycles. The van der Waals surface area contributed by atoms with Crippen LogP contribution >= 0.6 is 0 Å². The molecule has 1 atom stereocenters. The summed E-state index contributed by atoms with van der Waals surface area (Å²) in [7, 11) is 1.93. The Morgan fingerprint density at radius 2 is 1.95 bits per heavy atom. The van der Waals surface area contributed by atoms with Crippen LogP contribution in [-0.4, -0.2) is 17.9 Å². The molecule has 98 valence electrons. The van der Waals surface area contributed by atoms with Gasteiger partial charge in [-0.25, -0.2) is 0 Å². The molecule has 0 bridgehead atoms. The summed E-state index contributed by atoms with van der Waals surface area (Å²) in [5, 5.41) is 2.25. The van der Waals surface area contributed by atoms with Gasteiger partial charge in [-0.1, -0.05) is 56.2 Å². The van der Waals surface area contributed by atoms with Crippen LogP contribution in [0.5, 0.6) is 0 Å². The molecule has 19 heavy (non-hydrogen) atoms. The standard InChI is InChI=1S/C17H19NO/c1-3-4-9-15-14-11-10-12-7-5-6-8-13(12)16(14)17(19)18(15)2/h5-8,10-11,15H,3-4,9H2,1-2H3. The number of carbonyl (C=O) groups excluding carboxylic acids is 1. The minimum atomic E-state index is 0.174. The van der Waals surface area contributed by atoms with Gasteiger partial charge in [0.2, 0.25) is 0 Å². The lowest BCUT2D eigenvalue weighted by atomic mass is 9.95. The molecule has 1 aliphatic rings. The van der Waals surface area contributed by atoms with Gasteiger partial charge in [-0.05, 0) is 22.8 Å². The van der Waals surface area contributed by atoms with Crippen molar-refractivity contribution >= 4 is 16.7 Å². The predicted octanol–water partition coefficient (Wildman–Crippen LogP) is 4.16. The molecule has 0 saturated carbocycles. The molecule has 0 radical (unpaired) electrons. The number of amides is 1. The Hall–Kier alpha value is -1.83. The Balaban J connectivity index is 2.15. The van der Waals surface area contributed by atoms with E-state index in [1.54, 1.807) is 0 Å². The molecular formula is C17H19NO. The van der Waals surface area contributed by atoms with Gasteiger partial charge in [-0.15, -0.1) is 0 Å². The minimum absolute atomic E-state index is 0.174. The summed E-state index contributed by atoms with van der Waals surface area (Å²) in [5.41, 5.74) is 2.13. The van der Waals surface area contributed by atoms with Gasteiger partial charge < -0.3 is 4.90 Å². The Labute approximate surface area is 114 Å². The predicted molar refractivity (Wildman–Crippen MR) is 78.3 cm³/mol. The van der Waals surface area contributed by atoms with Gasteiger partial charge in [0.15, 0.2) is 0 Å². The van der Waals surface area contributed by atoms with Crippen molar-refractivity contribution in [1.82, 2.24) is 4.90 Å². The molecule has 2 nitrogen and oxygen atoms in total. The first-order valence-electron chi connectivity index (χ1n) is 7.03. The normalized spacial score (nSPS) is 18.1. The van der Waals surface area contributed by atoms with Gasteiger partial charge in [0.05, 0.1) is 11.6 Å². The fraction of sp³-hybridized carbons (Fsp3) is 0.353. The maximum atomic E-state index is 12.5. The van der Waals surface area contributed by atoms with Crippen molar-refractivity contribution in [3.63, 3.8) is 0 Å². The van der Waals surface area contributed by atoms with Crippen molar-refractivity contribution < 1.29 is 4.79 Å². The lowest BCUT2D eigenvalue weighted by molar-refractivity contribution is 0.0768. The highest BCUT2D eigenvalue weighted by atomic mass is 16.2. The third-order valence-electron chi connectivity index (χ3n) is 4.15. The molecule has 1 aliphatic heterocycles. The second-order valence-electron chi connectivity index (χ2n) is 5.33. The smallest absolute Gasteiger partial charge is 0.255 e. The van der Waals surface area contributed by atoms with Crippen LogP contribution in [0.15, 0.2) is 36.4 Å². The van der Waals surface area contributed by atoms with Crippen molar-refractivity contribution in [1.29, 1.82) is 0 Å². The number of fused-ring (bicyclic) bond motifs is 3. The van der Waals surface area contributed by atoms with Crippen LogP contribution in [0.2, 0.25) is 0 Å². The highest BCUT2D eigenvalue weighted by Crippen LogP contribution is 2.39. The van der Waals surface area contributed by atoms with E-state index in [1.165, 1.54) is 12.0 Å². The van der Waals surface area contributed by atoms with Gasteiger partial charge in [0, 0.05) is 7.05 Å². The maximum absolute atomic E-state index is 12.5. The van der Waals surface area contributed by atoms with Crippen molar-refractivity contribution in [3.8, 4) is 0 Å². The first kappa shape index (κ1) is 12.2. The Kier molecular flexibility index (Phi) is 3.02. The van der Waals surface area contributed by atoms with E-state index < -0.39 is 0 Å². The maximum Gasteiger partial charge on any atom is 0.255 e. The van der Waals surface area contributed by atoms with Crippen molar-refractivity contribution in [2.45, 2.75) is 32.2 Å². The minimum Gasteiger partial charge on any atom is -0.335 e. The van der Waals surface area contributed by atoms with Crippen LogP contribution in [-0.2, 0) is 0 Å². The Morgan fingerprint density at radius 3 is 2.74 bits per heavy atom. The fourth-order valence-corrected chi connectivity index (χ4v) is 3.08. The topological polar surface area (TPSA) is 20.3 Å². The van der Waals surface area contributed by atoms with Crippen LogP contribution < -0.4 is 0 Å². The molecule has 0 N–H and O–H groups in total. The van der Waals surface area contributed by atoms with Crippen molar-refractivity contribution in [3.05, 3.63) is 47.5 Å². The second kappa shape index (κ2) is 4.69. The molecule has 2 aromatic rings. The van der Waals surface area contributed by atoms with Crippen LogP contribution in [0, 0.1) is 0 Å². The van der Waals surface area contributed by atoms with E-state index in [0.717, 1.165) is 29.2 Å². The molecule has 3 rings (SSSR count). The third kappa shape index (κ3) is 1.83. The summed E-state index contributed by atoms with van der Waals surface area (Å²) in [5.74, 6) is 0.174. The molecule has 0 fully saturated rings. The quantitative estimate of drug-likeness (QED) is 0.804. The first-order chi connectivity index (χ1) is 9.24. The molecule has 1 amide bonds. The van der Waals surface area contributed by atoms with Gasteiger partial charge in [0.1, 0.15) is 0 Å². The number of hydrogen-bond acceptors (Lipinski definition) is 1. The second-order valence-corrected chi connectivity index (χ2v) is 5.33. The lowest BCUT2D eigenvalue weighted by Crippen LogP contribution is -2.23. The number of nitrogens with zero attached hydrogens (tertiary/aromatic N) is 1. The molecular weight excluding hydrogens is 234 g/mol. The van der Waals surface area contributed by atoms with E-state index in [2.05, 4.69) is 31.2 Å². The number of benzene rings is 2. The third-order valence-corrected chi connectivity index (χ3v) is 4.15. The molecule has 0 saturated heterocycles. The zero-order chi connectivity index (χ0) is 13.4. The molecule has 1 heterocycles. The summed E-state index contributed by atoms with van der Waals surface area (Å²) in [4.78, 5) is 14.4. The van der Waals surface area contributed by atoms with Gasteiger partial charge >= 0.3 is 0 Å². The van der Waals surface area contributed by atoms with E-state index >= 15 is 0 Å². The van der Waals surface area contributed by atoms with E-state index in [9.17, 15) is 4.79 Å². The van der Waals surface area contributed by atoms with Crippen LogP contribution in [0.1, 0.15) is 48.1 Å². The Morgan fingerprint density at radius 1 is 1.16 bits per heavy atom. The van der Waals surface area contributed by atoms with Crippen LogP contribution in [0.4, 0.5) is 0 Å². The Bertz CT molecular complexity index is 632. The summed E-state index contributed by atoms with van der Waals surface area (Å²) < 4.78 is 0.